The molecule has 110 valence electrons. The highest BCUT2D eigenvalue weighted by Gasteiger charge is 2.21. The van der Waals surface area contributed by atoms with Gasteiger partial charge in [0.2, 0.25) is 5.91 Å². The SMILES string of the molecule is CCC(CC)C(=O)NC(CC(=O)O)c1ccc(Br)cc1. The number of carbonyl (C=O) groups excluding carboxylic acids is 1. The van der Waals surface area contributed by atoms with E-state index in [1.807, 2.05) is 38.1 Å². The second kappa shape index (κ2) is 8.04. The number of hydrogen-bond acceptors (Lipinski definition) is 2. The largest absolute Gasteiger partial charge is 0.481 e. The van der Waals surface area contributed by atoms with Crippen molar-refractivity contribution in [2.24, 2.45) is 5.92 Å². The number of carbonyl (C=O) groups is 2. The summed E-state index contributed by atoms with van der Waals surface area (Å²) in [4.78, 5) is 23.1. The summed E-state index contributed by atoms with van der Waals surface area (Å²) in [5.74, 6) is -1.08. The summed E-state index contributed by atoms with van der Waals surface area (Å²) < 4.78 is 0.918. The molecule has 0 radical (unpaired) electrons. The van der Waals surface area contributed by atoms with Crippen LogP contribution in [0.3, 0.4) is 0 Å². The van der Waals surface area contributed by atoms with Crippen LogP contribution in [-0.4, -0.2) is 17.0 Å². The molecule has 0 spiro atoms. The highest BCUT2D eigenvalue weighted by atomic mass is 79.9. The number of carboxylic acids is 1. The van der Waals surface area contributed by atoms with Crippen molar-refractivity contribution < 1.29 is 14.7 Å². The van der Waals surface area contributed by atoms with Crippen molar-refractivity contribution in [2.75, 3.05) is 0 Å². The van der Waals surface area contributed by atoms with Crippen LogP contribution < -0.4 is 5.32 Å². The minimum absolute atomic E-state index is 0.0678. The molecule has 1 aromatic carbocycles. The summed E-state index contributed by atoms with van der Waals surface area (Å²) in [6.07, 6.45) is 1.39. The van der Waals surface area contributed by atoms with Gasteiger partial charge in [-0.3, -0.25) is 9.59 Å². The van der Waals surface area contributed by atoms with Gasteiger partial charge in [0.15, 0.2) is 0 Å². The number of aliphatic carboxylic acids is 1. The molecule has 0 fully saturated rings. The topological polar surface area (TPSA) is 66.4 Å². The van der Waals surface area contributed by atoms with Crippen LogP contribution in [0.4, 0.5) is 0 Å². The van der Waals surface area contributed by atoms with Gasteiger partial charge in [-0.25, -0.2) is 0 Å². The molecule has 0 aliphatic rings. The number of benzene rings is 1. The lowest BCUT2D eigenvalue weighted by atomic mass is 9.99. The minimum Gasteiger partial charge on any atom is -0.481 e. The quantitative estimate of drug-likeness (QED) is 0.797. The number of rotatable bonds is 7. The van der Waals surface area contributed by atoms with Crippen molar-refractivity contribution in [3.63, 3.8) is 0 Å². The third-order valence-electron chi connectivity index (χ3n) is 3.32. The van der Waals surface area contributed by atoms with E-state index in [1.165, 1.54) is 0 Å². The van der Waals surface area contributed by atoms with Gasteiger partial charge < -0.3 is 10.4 Å². The summed E-state index contributed by atoms with van der Waals surface area (Å²) >= 11 is 3.34. The Morgan fingerprint density at radius 1 is 1.20 bits per heavy atom. The first-order chi connectivity index (χ1) is 9.47. The van der Waals surface area contributed by atoms with Gasteiger partial charge in [0.05, 0.1) is 12.5 Å². The third kappa shape index (κ3) is 4.96. The number of nitrogens with one attached hydrogen (secondary N) is 1. The standard InChI is InChI=1S/C15H20BrNO3/c1-3-10(4-2)15(20)17-13(9-14(18)19)11-5-7-12(16)8-6-11/h5-8,10,13H,3-4,9H2,1-2H3,(H,17,20)(H,18,19). The Hall–Kier alpha value is -1.36. The van der Waals surface area contributed by atoms with Gasteiger partial charge in [0.25, 0.3) is 0 Å². The molecule has 1 amide bonds. The van der Waals surface area contributed by atoms with Crippen LogP contribution in [0.1, 0.15) is 44.7 Å². The predicted octanol–water partition coefficient (Wildman–Crippen LogP) is 3.52. The van der Waals surface area contributed by atoms with Gasteiger partial charge in [-0.1, -0.05) is 41.9 Å². The Balaban J connectivity index is 2.87. The average molecular weight is 342 g/mol. The second-order valence-electron chi connectivity index (χ2n) is 4.72. The Kier molecular flexibility index (Phi) is 6.71. The molecule has 5 heteroatoms. The van der Waals surface area contributed by atoms with E-state index in [-0.39, 0.29) is 18.2 Å². The van der Waals surface area contributed by atoms with Gasteiger partial charge in [0, 0.05) is 10.4 Å². The van der Waals surface area contributed by atoms with Crippen molar-refractivity contribution in [1.29, 1.82) is 0 Å². The fourth-order valence-corrected chi connectivity index (χ4v) is 2.34. The van der Waals surface area contributed by atoms with Crippen molar-refractivity contribution >= 4 is 27.8 Å². The van der Waals surface area contributed by atoms with E-state index in [9.17, 15) is 9.59 Å². The lowest BCUT2D eigenvalue weighted by Crippen LogP contribution is -2.34. The molecule has 0 bridgehead atoms. The zero-order valence-electron chi connectivity index (χ0n) is 11.7. The van der Waals surface area contributed by atoms with Crippen molar-refractivity contribution in [3.8, 4) is 0 Å². The highest BCUT2D eigenvalue weighted by molar-refractivity contribution is 9.10. The maximum atomic E-state index is 12.1. The van der Waals surface area contributed by atoms with Gasteiger partial charge in [-0.2, -0.15) is 0 Å². The maximum Gasteiger partial charge on any atom is 0.305 e. The first kappa shape index (κ1) is 16.7. The number of hydrogen-bond donors (Lipinski definition) is 2. The van der Waals surface area contributed by atoms with E-state index in [0.717, 1.165) is 22.9 Å². The van der Waals surface area contributed by atoms with E-state index in [2.05, 4.69) is 21.2 Å². The lowest BCUT2D eigenvalue weighted by molar-refractivity contribution is -0.138. The van der Waals surface area contributed by atoms with Crippen LogP contribution >= 0.6 is 15.9 Å². The number of halogens is 1. The van der Waals surface area contributed by atoms with E-state index < -0.39 is 12.0 Å². The van der Waals surface area contributed by atoms with Crippen LogP contribution in [0, 0.1) is 5.92 Å². The van der Waals surface area contributed by atoms with Crippen LogP contribution in [0.25, 0.3) is 0 Å². The molecule has 0 aliphatic heterocycles. The summed E-state index contributed by atoms with van der Waals surface area (Å²) in [6.45, 7) is 3.92. The molecule has 2 N–H and O–H groups in total. The van der Waals surface area contributed by atoms with Crippen LogP contribution in [0.15, 0.2) is 28.7 Å². The van der Waals surface area contributed by atoms with E-state index in [1.54, 1.807) is 0 Å². The fourth-order valence-electron chi connectivity index (χ4n) is 2.07. The Morgan fingerprint density at radius 2 is 1.75 bits per heavy atom. The molecular weight excluding hydrogens is 322 g/mol. The minimum atomic E-state index is -0.928. The lowest BCUT2D eigenvalue weighted by Gasteiger charge is -2.21. The molecule has 0 saturated heterocycles. The Bertz CT molecular complexity index is 455. The monoisotopic (exact) mass is 341 g/mol. The Labute approximate surface area is 127 Å². The summed E-state index contributed by atoms with van der Waals surface area (Å²) in [5.41, 5.74) is 0.801. The zero-order valence-corrected chi connectivity index (χ0v) is 13.3. The molecule has 1 rings (SSSR count). The zero-order chi connectivity index (χ0) is 15.1. The smallest absolute Gasteiger partial charge is 0.305 e. The molecule has 0 heterocycles. The molecule has 1 atom stereocenters. The fraction of sp³-hybridized carbons (Fsp3) is 0.467. The van der Waals surface area contributed by atoms with Gasteiger partial charge in [-0.05, 0) is 30.5 Å². The molecule has 0 aromatic heterocycles. The number of amides is 1. The van der Waals surface area contributed by atoms with Gasteiger partial charge in [0.1, 0.15) is 0 Å². The molecule has 0 saturated carbocycles. The highest BCUT2D eigenvalue weighted by Crippen LogP contribution is 2.21. The van der Waals surface area contributed by atoms with Gasteiger partial charge >= 0.3 is 5.97 Å². The molecule has 0 aliphatic carbocycles. The molecule has 1 aromatic rings. The maximum absolute atomic E-state index is 12.1. The molecule has 4 nitrogen and oxygen atoms in total. The molecule has 1 unspecified atom stereocenters. The Morgan fingerprint density at radius 3 is 2.20 bits per heavy atom. The van der Waals surface area contributed by atoms with Crippen molar-refractivity contribution in [1.82, 2.24) is 5.32 Å². The second-order valence-corrected chi connectivity index (χ2v) is 5.64. The van der Waals surface area contributed by atoms with Crippen molar-refractivity contribution in [2.45, 2.75) is 39.2 Å². The van der Waals surface area contributed by atoms with Crippen molar-refractivity contribution in [3.05, 3.63) is 34.3 Å². The van der Waals surface area contributed by atoms with E-state index in [4.69, 9.17) is 5.11 Å². The van der Waals surface area contributed by atoms with Crippen LogP contribution in [-0.2, 0) is 9.59 Å². The third-order valence-corrected chi connectivity index (χ3v) is 3.85. The van der Waals surface area contributed by atoms with E-state index in [0.29, 0.717) is 0 Å². The van der Waals surface area contributed by atoms with Crippen LogP contribution in [0.5, 0.6) is 0 Å². The first-order valence-corrected chi connectivity index (χ1v) is 7.54. The average Bonchev–Trinajstić information content (AvgIpc) is 2.39. The molecular formula is C15H20BrNO3. The van der Waals surface area contributed by atoms with E-state index >= 15 is 0 Å². The summed E-state index contributed by atoms with van der Waals surface area (Å²) in [7, 11) is 0. The predicted molar refractivity (Wildman–Crippen MR) is 81.4 cm³/mol. The summed E-state index contributed by atoms with van der Waals surface area (Å²) in [5, 5.41) is 11.9. The van der Waals surface area contributed by atoms with Crippen LogP contribution in [0.2, 0.25) is 0 Å². The normalized spacial score (nSPS) is 12.2. The van der Waals surface area contributed by atoms with Gasteiger partial charge in [-0.15, -0.1) is 0 Å². The number of carboxylic acid groups (broad SMARTS) is 1. The first-order valence-electron chi connectivity index (χ1n) is 6.75. The molecule has 20 heavy (non-hydrogen) atoms. The summed E-state index contributed by atoms with van der Waals surface area (Å²) in [6, 6.07) is 6.84.